The highest BCUT2D eigenvalue weighted by atomic mass is 19.4. The van der Waals surface area contributed by atoms with E-state index in [2.05, 4.69) is 9.88 Å². The number of fused-ring (bicyclic) bond motifs is 1. The Labute approximate surface area is 117 Å². The van der Waals surface area contributed by atoms with E-state index < -0.39 is 11.9 Å². The molecule has 0 spiro atoms. The SMILES string of the molecule is FC(F)(F)c1cc(N2CCC3CCCC3CC2)ccn1. The first-order valence-electron chi connectivity index (χ1n) is 7.32. The molecule has 0 aromatic carbocycles. The van der Waals surface area contributed by atoms with Crippen molar-refractivity contribution in [3.63, 3.8) is 0 Å². The van der Waals surface area contributed by atoms with E-state index >= 15 is 0 Å². The Balaban J connectivity index is 1.76. The molecule has 5 heteroatoms. The van der Waals surface area contributed by atoms with Gasteiger partial charge in [-0.1, -0.05) is 19.3 Å². The first-order chi connectivity index (χ1) is 9.54. The van der Waals surface area contributed by atoms with E-state index in [1.54, 1.807) is 6.07 Å². The predicted octanol–water partition coefficient (Wildman–Crippen LogP) is 4.12. The fraction of sp³-hybridized carbons (Fsp3) is 0.667. The maximum Gasteiger partial charge on any atom is 0.433 e. The molecule has 110 valence electrons. The molecule has 2 fully saturated rings. The molecule has 1 aromatic heterocycles. The number of rotatable bonds is 1. The summed E-state index contributed by atoms with van der Waals surface area (Å²) in [6.45, 7) is 1.73. The topological polar surface area (TPSA) is 16.1 Å². The van der Waals surface area contributed by atoms with Crippen molar-refractivity contribution in [2.45, 2.75) is 38.3 Å². The average Bonchev–Trinajstić information content (AvgIpc) is 2.77. The zero-order chi connectivity index (χ0) is 14.2. The molecule has 20 heavy (non-hydrogen) atoms. The van der Waals surface area contributed by atoms with Crippen molar-refractivity contribution in [3.8, 4) is 0 Å². The van der Waals surface area contributed by atoms with Gasteiger partial charge in [0.15, 0.2) is 0 Å². The van der Waals surface area contributed by atoms with Gasteiger partial charge in [-0.15, -0.1) is 0 Å². The molecule has 0 radical (unpaired) electrons. The van der Waals surface area contributed by atoms with E-state index in [0.717, 1.165) is 37.8 Å². The van der Waals surface area contributed by atoms with Crippen molar-refractivity contribution in [1.29, 1.82) is 0 Å². The molecule has 2 atom stereocenters. The van der Waals surface area contributed by atoms with Crippen LogP contribution in [-0.4, -0.2) is 18.1 Å². The number of alkyl halides is 3. The average molecular weight is 284 g/mol. The molecule has 1 saturated heterocycles. The summed E-state index contributed by atoms with van der Waals surface area (Å²) < 4.78 is 38.2. The van der Waals surface area contributed by atoms with Gasteiger partial charge in [-0.05, 0) is 36.8 Å². The second kappa shape index (κ2) is 5.26. The molecule has 2 unspecified atom stereocenters. The first-order valence-corrected chi connectivity index (χ1v) is 7.32. The number of hydrogen-bond acceptors (Lipinski definition) is 2. The Bertz CT molecular complexity index is 458. The molecule has 3 rings (SSSR count). The Morgan fingerprint density at radius 3 is 2.30 bits per heavy atom. The molecule has 0 amide bonds. The number of halogens is 3. The summed E-state index contributed by atoms with van der Waals surface area (Å²) in [5.74, 6) is 1.56. The number of aromatic nitrogens is 1. The number of pyridine rings is 1. The van der Waals surface area contributed by atoms with Gasteiger partial charge in [0.2, 0.25) is 0 Å². The Morgan fingerprint density at radius 1 is 1.05 bits per heavy atom. The second-order valence-electron chi connectivity index (χ2n) is 5.91. The van der Waals surface area contributed by atoms with Gasteiger partial charge in [-0.3, -0.25) is 4.98 Å². The lowest BCUT2D eigenvalue weighted by molar-refractivity contribution is -0.141. The minimum atomic E-state index is -4.36. The van der Waals surface area contributed by atoms with Crippen LogP contribution in [0.15, 0.2) is 18.3 Å². The van der Waals surface area contributed by atoms with E-state index in [1.165, 1.54) is 31.5 Å². The Morgan fingerprint density at radius 2 is 1.70 bits per heavy atom. The predicted molar refractivity (Wildman–Crippen MR) is 71.5 cm³/mol. The van der Waals surface area contributed by atoms with Gasteiger partial charge in [0.25, 0.3) is 0 Å². The van der Waals surface area contributed by atoms with E-state index in [9.17, 15) is 13.2 Å². The lowest BCUT2D eigenvalue weighted by Crippen LogP contribution is -2.25. The highest BCUT2D eigenvalue weighted by Gasteiger charge is 2.34. The van der Waals surface area contributed by atoms with Crippen LogP contribution in [0.2, 0.25) is 0 Å². The minimum absolute atomic E-state index is 0.660. The quantitative estimate of drug-likeness (QED) is 0.771. The summed E-state index contributed by atoms with van der Waals surface area (Å²) in [6, 6.07) is 2.87. The van der Waals surface area contributed by atoms with Gasteiger partial charge in [0, 0.05) is 25.0 Å². The van der Waals surface area contributed by atoms with Crippen molar-refractivity contribution >= 4 is 5.69 Å². The van der Waals surface area contributed by atoms with Crippen LogP contribution in [0.4, 0.5) is 18.9 Å². The molecule has 0 bridgehead atoms. The van der Waals surface area contributed by atoms with E-state index in [-0.39, 0.29) is 0 Å². The van der Waals surface area contributed by atoms with Gasteiger partial charge >= 0.3 is 6.18 Å². The maximum atomic E-state index is 12.7. The van der Waals surface area contributed by atoms with E-state index in [4.69, 9.17) is 0 Å². The fourth-order valence-electron chi connectivity index (χ4n) is 3.66. The molecule has 1 aliphatic carbocycles. The monoisotopic (exact) mass is 284 g/mol. The zero-order valence-electron chi connectivity index (χ0n) is 11.4. The maximum absolute atomic E-state index is 12.7. The van der Waals surface area contributed by atoms with Gasteiger partial charge in [-0.25, -0.2) is 0 Å². The summed E-state index contributed by atoms with van der Waals surface area (Å²) in [5.41, 5.74) is -0.133. The molecule has 1 aliphatic heterocycles. The van der Waals surface area contributed by atoms with Crippen LogP contribution in [0.1, 0.15) is 37.8 Å². The standard InChI is InChI=1S/C15H19F3N2/c16-15(17,18)14-10-13(4-7-19-14)20-8-5-11-2-1-3-12(11)6-9-20/h4,7,10-12H,1-3,5-6,8-9H2. The van der Waals surface area contributed by atoms with Gasteiger partial charge < -0.3 is 4.90 Å². The van der Waals surface area contributed by atoms with Crippen molar-refractivity contribution < 1.29 is 13.2 Å². The molecule has 1 aromatic rings. The number of nitrogens with zero attached hydrogens (tertiary/aromatic N) is 2. The van der Waals surface area contributed by atoms with Crippen LogP contribution < -0.4 is 4.90 Å². The summed E-state index contributed by atoms with van der Waals surface area (Å²) in [6.07, 6.45) is 3.03. The van der Waals surface area contributed by atoms with Crippen LogP contribution in [0.5, 0.6) is 0 Å². The summed E-state index contributed by atoms with van der Waals surface area (Å²) in [5, 5.41) is 0. The summed E-state index contributed by atoms with van der Waals surface area (Å²) in [7, 11) is 0. The molecule has 2 heterocycles. The molecule has 2 nitrogen and oxygen atoms in total. The lowest BCUT2D eigenvalue weighted by atomic mass is 9.92. The largest absolute Gasteiger partial charge is 0.433 e. The lowest BCUT2D eigenvalue weighted by Gasteiger charge is -2.23. The minimum Gasteiger partial charge on any atom is -0.371 e. The zero-order valence-corrected chi connectivity index (χ0v) is 11.4. The van der Waals surface area contributed by atoms with Gasteiger partial charge in [-0.2, -0.15) is 13.2 Å². The van der Waals surface area contributed by atoms with Gasteiger partial charge in [0.1, 0.15) is 5.69 Å². The third kappa shape index (κ3) is 2.76. The third-order valence-corrected chi connectivity index (χ3v) is 4.76. The molecular weight excluding hydrogens is 265 g/mol. The van der Waals surface area contributed by atoms with Crippen molar-refractivity contribution in [2.24, 2.45) is 11.8 Å². The van der Waals surface area contributed by atoms with Crippen molar-refractivity contribution in [1.82, 2.24) is 4.98 Å². The first kappa shape index (κ1) is 13.7. The highest BCUT2D eigenvalue weighted by molar-refractivity contribution is 5.47. The molecule has 1 saturated carbocycles. The van der Waals surface area contributed by atoms with Crippen LogP contribution in [0.3, 0.4) is 0 Å². The van der Waals surface area contributed by atoms with E-state index in [1.807, 2.05) is 0 Å². The summed E-state index contributed by atoms with van der Waals surface area (Å²) >= 11 is 0. The molecule has 0 N–H and O–H groups in total. The summed E-state index contributed by atoms with van der Waals surface area (Å²) in [4.78, 5) is 5.53. The van der Waals surface area contributed by atoms with Crippen LogP contribution in [-0.2, 0) is 6.18 Å². The highest BCUT2D eigenvalue weighted by Crippen LogP contribution is 2.39. The van der Waals surface area contributed by atoms with Crippen molar-refractivity contribution in [2.75, 3.05) is 18.0 Å². The number of anilines is 1. The Hall–Kier alpha value is -1.26. The third-order valence-electron chi connectivity index (χ3n) is 4.76. The van der Waals surface area contributed by atoms with Crippen LogP contribution in [0, 0.1) is 11.8 Å². The fourth-order valence-corrected chi connectivity index (χ4v) is 3.66. The van der Waals surface area contributed by atoms with Gasteiger partial charge in [0.05, 0.1) is 0 Å². The van der Waals surface area contributed by atoms with E-state index in [0.29, 0.717) is 5.69 Å². The number of hydrogen-bond donors (Lipinski definition) is 0. The smallest absolute Gasteiger partial charge is 0.371 e. The normalized spacial score (nSPS) is 27.2. The van der Waals surface area contributed by atoms with Crippen LogP contribution in [0.25, 0.3) is 0 Å². The second-order valence-corrected chi connectivity index (χ2v) is 5.91. The van der Waals surface area contributed by atoms with Crippen molar-refractivity contribution in [3.05, 3.63) is 24.0 Å². The molecular formula is C15H19F3N2. The molecule has 2 aliphatic rings. The van der Waals surface area contributed by atoms with Crippen LogP contribution >= 0.6 is 0 Å². The Kier molecular flexibility index (Phi) is 3.61.